The summed E-state index contributed by atoms with van der Waals surface area (Å²) in [5, 5.41) is 3.00. The second-order valence-electron chi connectivity index (χ2n) is 8.57. The standard InChI is InChI=1S/C24H27N3O2/c1-16-14-17-6-2-3-7-22(17)27(16)24(29)21-15-20(21)23(28)25-18-8-10-19(11-9-18)26-12-4-5-13-26/h2-3,6-11,16,20-21H,4-5,12-15H2,1H3,(H,25,28). The number of rotatable bonds is 4. The van der Waals surface area contributed by atoms with Gasteiger partial charge in [-0.1, -0.05) is 18.2 Å². The lowest BCUT2D eigenvalue weighted by molar-refractivity contribution is -0.123. The van der Waals surface area contributed by atoms with E-state index in [1.807, 2.05) is 35.2 Å². The van der Waals surface area contributed by atoms with Crippen LogP contribution in [-0.2, 0) is 16.0 Å². The topological polar surface area (TPSA) is 52.7 Å². The summed E-state index contributed by atoms with van der Waals surface area (Å²) >= 11 is 0. The van der Waals surface area contributed by atoms with E-state index in [0.29, 0.717) is 6.42 Å². The minimum Gasteiger partial charge on any atom is -0.372 e. The molecule has 1 saturated heterocycles. The smallest absolute Gasteiger partial charge is 0.231 e. The molecule has 2 fully saturated rings. The first kappa shape index (κ1) is 18.2. The summed E-state index contributed by atoms with van der Waals surface area (Å²) in [6.07, 6.45) is 4.02. The molecule has 2 aromatic rings. The Morgan fingerprint density at radius 1 is 0.966 bits per heavy atom. The van der Waals surface area contributed by atoms with Gasteiger partial charge in [0.2, 0.25) is 11.8 Å². The van der Waals surface area contributed by atoms with Gasteiger partial charge in [-0.3, -0.25) is 9.59 Å². The van der Waals surface area contributed by atoms with Gasteiger partial charge in [-0.15, -0.1) is 0 Å². The first-order chi connectivity index (χ1) is 14.1. The number of hydrogen-bond acceptors (Lipinski definition) is 3. The predicted molar refractivity (Wildman–Crippen MR) is 115 cm³/mol. The highest BCUT2D eigenvalue weighted by atomic mass is 16.2. The Bertz CT molecular complexity index is 933. The number of anilines is 3. The van der Waals surface area contributed by atoms with Gasteiger partial charge in [0.05, 0.1) is 11.8 Å². The van der Waals surface area contributed by atoms with Gasteiger partial charge in [0.1, 0.15) is 0 Å². The average Bonchev–Trinajstić information content (AvgIpc) is 3.20. The highest BCUT2D eigenvalue weighted by molar-refractivity contribution is 6.05. The van der Waals surface area contributed by atoms with Gasteiger partial charge >= 0.3 is 0 Å². The van der Waals surface area contributed by atoms with Crippen molar-refractivity contribution in [1.82, 2.24) is 0 Å². The molecule has 3 atom stereocenters. The van der Waals surface area contributed by atoms with Crippen molar-refractivity contribution >= 4 is 28.9 Å². The highest BCUT2D eigenvalue weighted by Gasteiger charge is 2.51. The second kappa shape index (κ2) is 7.21. The molecule has 5 rings (SSSR count). The lowest BCUT2D eigenvalue weighted by Crippen LogP contribution is -2.37. The van der Waals surface area contributed by atoms with E-state index in [2.05, 4.69) is 35.3 Å². The molecule has 2 amide bonds. The van der Waals surface area contributed by atoms with Gasteiger partial charge < -0.3 is 15.1 Å². The van der Waals surface area contributed by atoms with E-state index in [-0.39, 0.29) is 29.7 Å². The van der Waals surface area contributed by atoms with Crippen LogP contribution in [0.2, 0.25) is 0 Å². The van der Waals surface area contributed by atoms with Crippen molar-refractivity contribution in [3.8, 4) is 0 Å². The summed E-state index contributed by atoms with van der Waals surface area (Å²) < 4.78 is 0. The summed E-state index contributed by atoms with van der Waals surface area (Å²) in [7, 11) is 0. The Balaban J connectivity index is 1.21. The van der Waals surface area contributed by atoms with Crippen molar-refractivity contribution in [2.45, 2.75) is 38.6 Å². The van der Waals surface area contributed by atoms with Crippen molar-refractivity contribution in [2.75, 3.05) is 28.2 Å². The molecule has 0 radical (unpaired) electrons. The summed E-state index contributed by atoms with van der Waals surface area (Å²) in [4.78, 5) is 30.0. The SMILES string of the molecule is CC1Cc2ccccc2N1C(=O)C1CC1C(=O)Nc1ccc(N2CCCC2)cc1. The fraction of sp³-hybridized carbons (Fsp3) is 0.417. The Morgan fingerprint density at radius 2 is 1.69 bits per heavy atom. The first-order valence-electron chi connectivity index (χ1n) is 10.7. The van der Waals surface area contributed by atoms with Gasteiger partial charge in [0, 0.05) is 36.2 Å². The van der Waals surface area contributed by atoms with Crippen LogP contribution in [0.3, 0.4) is 0 Å². The molecule has 0 aromatic heterocycles. The fourth-order valence-electron chi connectivity index (χ4n) is 4.80. The van der Waals surface area contributed by atoms with Crippen molar-refractivity contribution < 1.29 is 9.59 Å². The molecule has 150 valence electrons. The van der Waals surface area contributed by atoms with Gasteiger partial charge in [0.15, 0.2) is 0 Å². The molecule has 0 spiro atoms. The van der Waals surface area contributed by atoms with Crippen molar-refractivity contribution in [2.24, 2.45) is 11.8 Å². The van der Waals surface area contributed by atoms with Crippen molar-refractivity contribution in [3.63, 3.8) is 0 Å². The van der Waals surface area contributed by atoms with E-state index >= 15 is 0 Å². The molecule has 0 bridgehead atoms. The van der Waals surface area contributed by atoms with E-state index < -0.39 is 0 Å². The summed E-state index contributed by atoms with van der Waals surface area (Å²) in [5.74, 6) is -0.377. The molecule has 3 aliphatic rings. The van der Waals surface area contributed by atoms with Crippen LogP contribution >= 0.6 is 0 Å². The Labute approximate surface area is 171 Å². The van der Waals surface area contributed by atoms with Gasteiger partial charge in [-0.25, -0.2) is 0 Å². The van der Waals surface area contributed by atoms with Crippen LogP contribution in [0.4, 0.5) is 17.1 Å². The quantitative estimate of drug-likeness (QED) is 0.864. The van der Waals surface area contributed by atoms with Gasteiger partial charge in [0.25, 0.3) is 0 Å². The predicted octanol–water partition coefficient (Wildman–Crippen LogP) is 3.84. The monoisotopic (exact) mass is 389 g/mol. The number of nitrogens with zero attached hydrogens (tertiary/aromatic N) is 2. The summed E-state index contributed by atoms with van der Waals surface area (Å²) in [6, 6.07) is 16.3. The van der Waals surface area contributed by atoms with Crippen LogP contribution in [-0.4, -0.2) is 30.9 Å². The number of hydrogen-bond donors (Lipinski definition) is 1. The van der Waals surface area contributed by atoms with Crippen molar-refractivity contribution in [3.05, 3.63) is 54.1 Å². The number of carbonyl (C=O) groups excluding carboxylic acids is 2. The minimum atomic E-state index is -0.222. The molecule has 1 N–H and O–H groups in total. The zero-order valence-corrected chi connectivity index (χ0v) is 16.8. The fourth-order valence-corrected chi connectivity index (χ4v) is 4.80. The number of nitrogens with one attached hydrogen (secondary N) is 1. The highest BCUT2D eigenvalue weighted by Crippen LogP contribution is 2.44. The van der Waals surface area contributed by atoms with Crippen LogP contribution < -0.4 is 15.1 Å². The van der Waals surface area contributed by atoms with Gasteiger partial charge in [-0.2, -0.15) is 0 Å². The average molecular weight is 389 g/mol. The molecule has 1 aliphatic carbocycles. The van der Waals surface area contributed by atoms with Crippen molar-refractivity contribution in [1.29, 1.82) is 0 Å². The summed E-state index contributed by atoms with van der Waals surface area (Å²) in [5.41, 5.74) is 4.24. The van der Waals surface area contributed by atoms with E-state index in [0.717, 1.165) is 30.9 Å². The minimum absolute atomic E-state index is 0.0441. The lowest BCUT2D eigenvalue weighted by atomic mass is 10.1. The number of fused-ring (bicyclic) bond motifs is 1. The third-order valence-corrected chi connectivity index (χ3v) is 6.50. The van der Waals surface area contributed by atoms with Crippen LogP contribution in [0.25, 0.3) is 0 Å². The molecule has 2 heterocycles. The Hall–Kier alpha value is -2.82. The molecule has 5 nitrogen and oxygen atoms in total. The van der Waals surface area contributed by atoms with Crippen LogP contribution in [0.15, 0.2) is 48.5 Å². The number of amides is 2. The molecular weight excluding hydrogens is 362 g/mol. The summed E-state index contributed by atoms with van der Waals surface area (Å²) in [6.45, 7) is 4.29. The normalized spacial score (nSPS) is 25.1. The molecule has 2 aliphatic heterocycles. The third-order valence-electron chi connectivity index (χ3n) is 6.50. The van der Waals surface area contributed by atoms with E-state index in [4.69, 9.17) is 0 Å². The van der Waals surface area contributed by atoms with Crippen LogP contribution in [0, 0.1) is 11.8 Å². The zero-order valence-electron chi connectivity index (χ0n) is 16.8. The molecule has 3 unspecified atom stereocenters. The van der Waals surface area contributed by atoms with E-state index in [9.17, 15) is 9.59 Å². The van der Waals surface area contributed by atoms with Crippen LogP contribution in [0.1, 0.15) is 31.7 Å². The largest absolute Gasteiger partial charge is 0.372 e. The second-order valence-corrected chi connectivity index (χ2v) is 8.57. The number of benzene rings is 2. The molecule has 5 heteroatoms. The maximum absolute atomic E-state index is 13.1. The Morgan fingerprint density at radius 3 is 2.45 bits per heavy atom. The molecule has 29 heavy (non-hydrogen) atoms. The maximum atomic E-state index is 13.1. The zero-order chi connectivity index (χ0) is 20.0. The lowest BCUT2D eigenvalue weighted by Gasteiger charge is -2.23. The van der Waals surface area contributed by atoms with Gasteiger partial charge in [-0.05, 0) is 68.5 Å². The first-order valence-corrected chi connectivity index (χ1v) is 10.7. The molecule has 1 saturated carbocycles. The van der Waals surface area contributed by atoms with Crippen LogP contribution in [0.5, 0.6) is 0 Å². The molecule has 2 aromatic carbocycles. The molecular formula is C24H27N3O2. The van der Waals surface area contributed by atoms with E-state index in [1.165, 1.54) is 24.1 Å². The van der Waals surface area contributed by atoms with E-state index in [1.54, 1.807) is 0 Å². The Kier molecular flexibility index (Phi) is 4.53. The number of carbonyl (C=O) groups is 2. The maximum Gasteiger partial charge on any atom is 0.231 e. The number of para-hydroxylation sites is 1. The third kappa shape index (κ3) is 3.39.